The molecule has 11 nitrogen and oxygen atoms in total. The van der Waals surface area contributed by atoms with Crippen LogP contribution in [0.2, 0.25) is 15.1 Å². The first-order chi connectivity index (χ1) is 21.9. The number of sulfonamides is 2. The molecule has 4 aromatic rings. The van der Waals surface area contributed by atoms with E-state index in [1.807, 2.05) is 4.90 Å². The minimum Gasteiger partial charge on any atom is -0.495 e. The molecule has 0 radical (unpaired) electrons. The van der Waals surface area contributed by atoms with Crippen LogP contribution in [0.1, 0.15) is 10.4 Å². The van der Waals surface area contributed by atoms with E-state index in [9.17, 15) is 21.6 Å². The normalized spacial score (nSPS) is 13.6. The highest BCUT2D eigenvalue weighted by atomic mass is 35.5. The number of hydrogen-bond donors (Lipinski definition) is 3. The number of rotatable bonds is 10. The molecule has 0 aromatic heterocycles. The van der Waals surface area contributed by atoms with Crippen molar-refractivity contribution in [2.75, 3.05) is 53.1 Å². The van der Waals surface area contributed by atoms with Crippen LogP contribution < -0.4 is 24.4 Å². The molecule has 0 aliphatic carbocycles. The van der Waals surface area contributed by atoms with E-state index >= 15 is 0 Å². The fourth-order valence-corrected chi connectivity index (χ4v) is 7.70. The number of methoxy groups -OCH3 is 1. The first-order valence-electron chi connectivity index (χ1n) is 13.6. The van der Waals surface area contributed by atoms with Crippen LogP contribution in [0.4, 0.5) is 22.7 Å². The largest absolute Gasteiger partial charge is 0.495 e. The van der Waals surface area contributed by atoms with Crippen molar-refractivity contribution >= 4 is 83.5 Å². The summed E-state index contributed by atoms with van der Waals surface area (Å²) in [5.74, 6) is -0.388. The maximum Gasteiger partial charge on any atom is 0.263 e. The van der Waals surface area contributed by atoms with Gasteiger partial charge < -0.3 is 19.7 Å². The fourth-order valence-electron chi connectivity index (χ4n) is 4.62. The lowest BCUT2D eigenvalue weighted by molar-refractivity contribution is 0.102. The van der Waals surface area contributed by atoms with Crippen molar-refractivity contribution < 1.29 is 31.1 Å². The molecule has 1 fully saturated rings. The Morgan fingerprint density at radius 2 is 1.48 bits per heavy atom. The number of hydrogen-bond acceptors (Lipinski definition) is 8. The van der Waals surface area contributed by atoms with E-state index < -0.39 is 26.0 Å². The number of nitrogens with one attached hydrogen (secondary N) is 3. The highest BCUT2D eigenvalue weighted by Gasteiger charge is 2.25. The van der Waals surface area contributed by atoms with E-state index in [0.29, 0.717) is 37.7 Å². The first-order valence-corrected chi connectivity index (χ1v) is 17.7. The summed E-state index contributed by atoms with van der Waals surface area (Å²) < 4.78 is 69.0. The number of carbonyl (C=O) groups excluding carboxylic acids is 1. The summed E-state index contributed by atoms with van der Waals surface area (Å²) in [4.78, 5) is 15.0. The summed E-state index contributed by atoms with van der Waals surface area (Å²) >= 11 is 18.4. The quantitative estimate of drug-likeness (QED) is 0.172. The van der Waals surface area contributed by atoms with Crippen molar-refractivity contribution in [1.29, 1.82) is 0 Å². The van der Waals surface area contributed by atoms with Gasteiger partial charge in [0.05, 0.1) is 58.0 Å². The third-order valence-electron chi connectivity index (χ3n) is 6.89. The number of ether oxygens (including phenoxy) is 2. The molecule has 1 amide bonds. The highest BCUT2D eigenvalue weighted by molar-refractivity contribution is 7.93. The van der Waals surface area contributed by atoms with Crippen molar-refractivity contribution in [1.82, 2.24) is 0 Å². The zero-order valence-electron chi connectivity index (χ0n) is 24.1. The van der Waals surface area contributed by atoms with Crippen LogP contribution in [0, 0.1) is 0 Å². The highest BCUT2D eigenvalue weighted by Crippen LogP contribution is 2.34. The van der Waals surface area contributed by atoms with E-state index in [1.54, 1.807) is 30.3 Å². The minimum atomic E-state index is -4.32. The molecule has 1 heterocycles. The first kappa shape index (κ1) is 33.6. The summed E-state index contributed by atoms with van der Waals surface area (Å²) in [6.45, 7) is 1.86. The number of morpholine rings is 1. The number of halogens is 3. The second-order valence-electron chi connectivity index (χ2n) is 9.91. The van der Waals surface area contributed by atoms with Crippen LogP contribution in [0.25, 0.3) is 0 Å². The smallest absolute Gasteiger partial charge is 0.263 e. The molecule has 3 N–H and O–H groups in total. The van der Waals surface area contributed by atoms with Gasteiger partial charge in [-0.25, -0.2) is 16.8 Å². The van der Waals surface area contributed by atoms with Crippen LogP contribution in [-0.4, -0.2) is 56.2 Å². The van der Waals surface area contributed by atoms with E-state index in [4.69, 9.17) is 44.3 Å². The van der Waals surface area contributed by atoms with Crippen molar-refractivity contribution in [2.24, 2.45) is 0 Å². The van der Waals surface area contributed by atoms with Crippen molar-refractivity contribution in [2.45, 2.75) is 9.79 Å². The molecule has 1 aliphatic rings. The molecule has 0 unspecified atom stereocenters. The van der Waals surface area contributed by atoms with Gasteiger partial charge in [0, 0.05) is 23.7 Å². The number of carbonyl (C=O) groups is 1. The second kappa shape index (κ2) is 14.0. The average molecular weight is 726 g/mol. The van der Waals surface area contributed by atoms with E-state index in [0.717, 1.165) is 6.07 Å². The lowest BCUT2D eigenvalue weighted by Gasteiger charge is -2.30. The molecule has 1 aliphatic heterocycles. The number of anilines is 4. The number of amides is 1. The zero-order chi connectivity index (χ0) is 33.1. The molecular weight excluding hydrogens is 699 g/mol. The maximum atomic E-state index is 13.6. The number of para-hydroxylation sites is 2. The van der Waals surface area contributed by atoms with Gasteiger partial charge in [0.2, 0.25) is 0 Å². The molecule has 0 bridgehead atoms. The van der Waals surface area contributed by atoms with Crippen molar-refractivity contribution in [3.8, 4) is 5.75 Å². The Kier molecular flexibility index (Phi) is 10.2. The Hall–Kier alpha value is -3.72. The van der Waals surface area contributed by atoms with Crippen LogP contribution in [0.3, 0.4) is 0 Å². The molecule has 4 aromatic carbocycles. The molecule has 1 saturated heterocycles. The maximum absolute atomic E-state index is 13.6. The molecule has 5 rings (SSSR count). The van der Waals surface area contributed by atoms with Gasteiger partial charge in [-0.15, -0.1) is 0 Å². The monoisotopic (exact) mass is 724 g/mol. The Labute approximate surface area is 281 Å². The topological polar surface area (TPSA) is 143 Å². The Morgan fingerprint density at radius 1 is 0.783 bits per heavy atom. The molecular formula is C30H27Cl3N4O7S2. The van der Waals surface area contributed by atoms with Gasteiger partial charge in [-0.3, -0.25) is 14.2 Å². The summed E-state index contributed by atoms with van der Waals surface area (Å²) in [6.07, 6.45) is 0. The van der Waals surface area contributed by atoms with E-state index in [2.05, 4.69) is 14.8 Å². The van der Waals surface area contributed by atoms with Crippen molar-refractivity contribution in [3.05, 3.63) is 99.5 Å². The van der Waals surface area contributed by atoms with Gasteiger partial charge in [0.1, 0.15) is 10.6 Å². The van der Waals surface area contributed by atoms with Crippen LogP contribution in [-0.2, 0) is 24.8 Å². The van der Waals surface area contributed by atoms with Gasteiger partial charge in [-0.1, -0.05) is 46.9 Å². The van der Waals surface area contributed by atoms with Crippen LogP contribution in [0.15, 0.2) is 88.7 Å². The van der Waals surface area contributed by atoms with Gasteiger partial charge in [-0.05, 0) is 66.7 Å². The van der Waals surface area contributed by atoms with Crippen LogP contribution in [0.5, 0.6) is 5.75 Å². The lowest BCUT2D eigenvalue weighted by Crippen LogP contribution is -2.36. The van der Waals surface area contributed by atoms with Gasteiger partial charge in [-0.2, -0.15) is 0 Å². The fraction of sp³-hybridized carbons (Fsp3) is 0.167. The molecule has 16 heteroatoms. The van der Waals surface area contributed by atoms with Crippen molar-refractivity contribution in [3.63, 3.8) is 0 Å². The Morgan fingerprint density at radius 3 is 2.22 bits per heavy atom. The predicted octanol–water partition coefficient (Wildman–Crippen LogP) is 6.35. The number of nitrogens with zero attached hydrogens (tertiary/aromatic N) is 1. The second-order valence-corrected chi connectivity index (χ2v) is 14.5. The van der Waals surface area contributed by atoms with Crippen LogP contribution >= 0.6 is 34.8 Å². The summed E-state index contributed by atoms with van der Waals surface area (Å²) in [5, 5.41) is 2.96. The predicted molar refractivity (Wildman–Crippen MR) is 180 cm³/mol. The third kappa shape index (κ3) is 7.63. The zero-order valence-corrected chi connectivity index (χ0v) is 28.0. The minimum absolute atomic E-state index is 0.0231. The van der Waals surface area contributed by atoms with Gasteiger partial charge in [0.15, 0.2) is 0 Å². The average Bonchev–Trinajstić information content (AvgIpc) is 3.03. The molecule has 0 saturated carbocycles. The van der Waals surface area contributed by atoms with Gasteiger partial charge >= 0.3 is 0 Å². The summed E-state index contributed by atoms with van der Waals surface area (Å²) in [7, 11) is -7.03. The molecule has 0 spiro atoms. The lowest BCUT2D eigenvalue weighted by atomic mass is 10.2. The summed E-state index contributed by atoms with van der Waals surface area (Å²) in [5.41, 5.74) is 0.922. The Bertz CT molecular complexity index is 2010. The SMILES string of the molecule is COc1ccccc1NS(=O)(=O)c1ccc(N2CCOCC2)c(NC(=O)c2ccc(Cl)c(S(=O)(=O)Nc3cc(Cl)ccc3Cl)c2)c1. The standard InChI is InChI=1S/C30H27Cl3N4O7S2/c1-43-28-5-3-2-4-24(28)35-45(39,40)21-8-11-27(37-12-14-44-15-13-37)26(18-21)34-30(38)19-6-9-23(33)29(16-19)46(41,42)36-25-17-20(31)7-10-22(25)32/h2-11,16-18,35-36H,12-15H2,1H3,(H,34,38). The van der Waals surface area contributed by atoms with E-state index in [1.165, 1.54) is 49.6 Å². The van der Waals surface area contributed by atoms with E-state index in [-0.39, 0.29) is 47.5 Å². The Balaban J connectivity index is 1.48. The van der Waals surface area contributed by atoms with Gasteiger partial charge in [0.25, 0.3) is 26.0 Å². The number of benzene rings is 4. The summed E-state index contributed by atoms with van der Waals surface area (Å²) in [6, 6.07) is 18.9. The third-order valence-corrected chi connectivity index (χ3v) is 10.7. The molecule has 46 heavy (non-hydrogen) atoms. The molecule has 0 atom stereocenters. The molecule has 242 valence electrons.